The van der Waals surface area contributed by atoms with Crippen LogP contribution in [0.1, 0.15) is 16.2 Å². The van der Waals surface area contributed by atoms with Gasteiger partial charge in [0.1, 0.15) is 5.69 Å². The highest BCUT2D eigenvalue weighted by Gasteiger charge is 2.06. The van der Waals surface area contributed by atoms with Crippen molar-refractivity contribution < 1.29 is 4.79 Å². The molecule has 6 heteroatoms. The summed E-state index contributed by atoms with van der Waals surface area (Å²) in [6.07, 6.45) is 0. The fourth-order valence-corrected chi connectivity index (χ4v) is 2.40. The average Bonchev–Trinajstić information content (AvgIpc) is 2.46. The summed E-state index contributed by atoms with van der Waals surface area (Å²) in [5, 5.41) is 0. The van der Waals surface area contributed by atoms with Crippen LogP contribution in [0, 0.1) is 0 Å². The summed E-state index contributed by atoms with van der Waals surface area (Å²) in [5.41, 5.74) is 9.77. The van der Waals surface area contributed by atoms with E-state index in [1.165, 1.54) is 0 Å². The minimum atomic E-state index is -0.397. The molecule has 1 aromatic carbocycles. The molecule has 0 atom stereocenters. The number of carbonyl (C=O) groups is 1. The van der Waals surface area contributed by atoms with Crippen molar-refractivity contribution in [2.45, 2.75) is 10.6 Å². The Morgan fingerprint density at radius 3 is 2.74 bits per heavy atom. The first-order chi connectivity index (χ1) is 9.20. The minimum Gasteiger partial charge on any atom is -0.398 e. The molecule has 19 heavy (non-hydrogen) atoms. The molecule has 0 radical (unpaired) electrons. The van der Waals surface area contributed by atoms with E-state index < -0.39 is 5.91 Å². The van der Waals surface area contributed by atoms with Crippen molar-refractivity contribution in [2.75, 3.05) is 5.73 Å². The van der Waals surface area contributed by atoms with Crippen LogP contribution in [0.3, 0.4) is 0 Å². The average molecular weight is 274 g/mol. The lowest BCUT2D eigenvalue weighted by Crippen LogP contribution is -2.30. The number of hydrogen-bond acceptors (Lipinski definition) is 5. The molecule has 98 valence electrons. The number of carbonyl (C=O) groups excluding carboxylic acids is 1. The van der Waals surface area contributed by atoms with Crippen LogP contribution >= 0.6 is 11.8 Å². The van der Waals surface area contributed by atoms with Gasteiger partial charge in [-0.05, 0) is 24.3 Å². The smallest absolute Gasteiger partial charge is 0.283 e. The Balaban J connectivity index is 2.08. The number of benzene rings is 1. The standard InChI is InChI=1S/C13H14N4OS/c14-10-5-1-2-7-12(10)19-8-9-4-3-6-11(16-9)13(18)17-15/h1-7H,8,14-15H2,(H,17,18). The normalized spacial score (nSPS) is 10.2. The maximum Gasteiger partial charge on any atom is 0.283 e. The Morgan fingerprint density at radius 1 is 1.21 bits per heavy atom. The monoisotopic (exact) mass is 274 g/mol. The van der Waals surface area contributed by atoms with E-state index in [4.69, 9.17) is 11.6 Å². The van der Waals surface area contributed by atoms with Crippen molar-refractivity contribution in [1.29, 1.82) is 0 Å². The van der Waals surface area contributed by atoms with Gasteiger partial charge >= 0.3 is 0 Å². The SMILES string of the molecule is NNC(=O)c1cccc(CSc2ccccc2N)n1. The van der Waals surface area contributed by atoms with Crippen LogP contribution < -0.4 is 17.0 Å². The molecule has 0 bridgehead atoms. The Morgan fingerprint density at radius 2 is 2.00 bits per heavy atom. The fraction of sp³-hybridized carbons (Fsp3) is 0.0769. The van der Waals surface area contributed by atoms with Crippen molar-refractivity contribution in [1.82, 2.24) is 10.4 Å². The van der Waals surface area contributed by atoms with Crippen LogP contribution in [-0.4, -0.2) is 10.9 Å². The number of anilines is 1. The van der Waals surface area contributed by atoms with Gasteiger partial charge in [-0.25, -0.2) is 10.8 Å². The first-order valence-electron chi connectivity index (χ1n) is 5.65. The zero-order chi connectivity index (χ0) is 13.7. The number of thioether (sulfide) groups is 1. The number of para-hydroxylation sites is 1. The van der Waals surface area contributed by atoms with E-state index in [0.717, 1.165) is 16.3 Å². The van der Waals surface area contributed by atoms with Crippen molar-refractivity contribution in [3.63, 3.8) is 0 Å². The van der Waals surface area contributed by atoms with Crippen LogP contribution in [-0.2, 0) is 5.75 Å². The zero-order valence-electron chi connectivity index (χ0n) is 10.2. The van der Waals surface area contributed by atoms with Crippen LogP contribution in [0.4, 0.5) is 5.69 Å². The largest absolute Gasteiger partial charge is 0.398 e. The molecular weight excluding hydrogens is 260 g/mol. The predicted molar refractivity (Wildman–Crippen MR) is 76.3 cm³/mol. The highest BCUT2D eigenvalue weighted by molar-refractivity contribution is 7.98. The van der Waals surface area contributed by atoms with Crippen molar-refractivity contribution in [3.05, 3.63) is 53.9 Å². The third-order valence-corrected chi connectivity index (χ3v) is 3.59. The molecule has 1 aromatic heterocycles. The number of nitrogens with zero attached hydrogens (tertiary/aromatic N) is 1. The van der Waals surface area contributed by atoms with Crippen LogP contribution in [0.2, 0.25) is 0 Å². The van der Waals surface area contributed by atoms with E-state index in [9.17, 15) is 4.79 Å². The first-order valence-corrected chi connectivity index (χ1v) is 6.63. The second-order valence-electron chi connectivity index (χ2n) is 3.81. The second-order valence-corrected chi connectivity index (χ2v) is 4.83. The Labute approximate surface area is 115 Å². The number of nitrogen functional groups attached to an aromatic ring is 2. The molecule has 0 spiro atoms. The van der Waals surface area contributed by atoms with E-state index >= 15 is 0 Å². The second kappa shape index (κ2) is 6.21. The number of aromatic nitrogens is 1. The van der Waals surface area contributed by atoms with Gasteiger partial charge < -0.3 is 5.73 Å². The summed E-state index contributed by atoms with van der Waals surface area (Å²) in [6.45, 7) is 0. The van der Waals surface area contributed by atoms with Gasteiger partial charge in [0.25, 0.3) is 5.91 Å². The van der Waals surface area contributed by atoms with Gasteiger partial charge in [-0.1, -0.05) is 18.2 Å². The fourth-order valence-electron chi connectivity index (χ4n) is 1.52. The number of nitrogens with two attached hydrogens (primary N) is 2. The third kappa shape index (κ3) is 3.46. The molecular formula is C13H14N4OS. The molecule has 0 saturated heterocycles. The van der Waals surface area contributed by atoms with Gasteiger partial charge in [-0.15, -0.1) is 11.8 Å². The summed E-state index contributed by atoms with van der Waals surface area (Å²) in [5.74, 6) is 5.32. The van der Waals surface area contributed by atoms with E-state index in [1.807, 2.05) is 30.3 Å². The first kappa shape index (κ1) is 13.4. The molecule has 0 aliphatic rings. The highest BCUT2D eigenvalue weighted by Crippen LogP contribution is 2.27. The Kier molecular flexibility index (Phi) is 4.38. The van der Waals surface area contributed by atoms with Gasteiger partial charge in [-0.3, -0.25) is 10.2 Å². The van der Waals surface area contributed by atoms with Gasteiger partial charge in [-0.2, -0.15) is 0 Å². The van der Waals surface area contributed by atoms with E-state index in [0.29, 0.717) is 11.4 Å². The Bertz CT molecular complexity index is 588. The molecule has 0 unspecified atom stereocenters. The van der Waals surface area contributed by atoms with Crippen molar-refractivity contribution >= 4 is 23.4 Å². The van der Waals surface area contributed by atoms with E-state index in [-0.39, 0.29) is 0 Å². The molecule has 2 rings (SSSR count). The summed E-state index contributed by atoms with van der Waals surface area (Å²) in [6, 6.07) is 12.9. The van der Waals surface area contributed by atoms with Gasteiger partial charge in [0.05, 0.1) is 5.69 Å². The third-order valence-electron chi connectivity index (χ3n) is 2.47. The molecule has 1 amide bonds. The van der Waals surface area contributed by atoms with Gasteiger partial charge in [0.15, 0.2) is 0 Å². The number of pyridine rings is 1. The van der Waals surface area contributed by atoms with Crippen LogP contribution in [0.25, 0.3) is 0 Å². The molecule has 0 saturated carbocycles. The summed E-state index contributed by atoms with van der Waals surface area (Å²) >= 11 is 1.58. The Hall–Kier alpha value is -2.05. The molecule has 2 aromatic rings. The lowest BCUT2D eigenvalue weighted by molar-refractivity contribution is 0.0948. The minimum absolute atomic E-state index is 0.307. The van der Waals surface area contributed by atoms with Crippen molar-refractivity contribution in [3.8, 4) is 0 Å². The topological polar surface area (TPSA) is 94.0 Å². The highest BCUT2D eigenvalue weighted by atomic mass is 32.2. The quantitative estimate of drug-likeness (QED) is 0.258. The number of amides is 1. The summed E-state index contributed by atoms with van der Waals surface area (Å²) in [7, 11) is 0. The lowest BCUT2D eigenvalue weighted by Gasteiger charge is -2.05. The van der Waals surface area contributed by atoms with Crippen LogP contribution in [0.15, 0.2) is 47.4 Å². The zero-order valence-corrected chi connectivity index (χ0v) is 11.0. The summed E-state index contributed by atoms with van der Waals surface area (Å²) in [4.78, 5) is 16.6. The predicted octanol–water partition coefficient (Wildman–Crippen LogP) is 1.56. The van der Waals surface area contributed by atoms with Gasteiger partial charge in [0.2, 0.25) is 0 Å². The molecule has 0 aliphatic heterocycles. The maximum atomic E-state index is 11.4. The number of hydrazine groups is 1. The number of rotatable bonds is 4. The number of nitrogens with one attached hydrogen (secondary N) is 1. The molecule has 1 heterocycles. The molecule has 0 aliphatic carbocycles. The maximum absolute atomic E-state index is 11.4. The van der Waals surface area contributed by atoms with E-state index in [2.05, 4.69) is 10.4 Å². The van der Waals surface area contributed by atoms with E-state index in [1.54, 1.807) is 23.9 Å². The lowest BCUT2D eigenvalue weighted by atomic mass is 10.3. The van der Waals surface area contributed by atoms with Crippen LogP contribution in [0.5, 0.6) is 0 Å². The van der Waals surface area contributed by atoms with Gasteiger partial charge in [0, 0.05) is 16.3 Å². The molecule has 5 nitrogen and oxygen atoms in total. The summed E-state index contributed by atoms with van der Waals surface area (Å²) < 4.78 is 0. The number of hydrogen-bond donors (Lipinski definition) is 3. The molecule has 0 fully saturated rings. The van der Waals surface area contributed by atoms with Crippen molar-refractivity contribution in [2.24, 2.45) is 5.84 Å². The molecule has 5 N–H and O–H groups in total.